The Bertz CT molecular complexity index is 199. The van der Waals surface area contributed by atoms with Crippen LogP contribution in [0.1, 0.15) is 0 Å². The molecular formula is C6H12Cl2N5. The van der Waals surface area contributed by atoms with Gasteiger partial charge in [0.05, 0.1) is 0 Å². The van der Waals surface area contributed by atoms with Gasteiger partial charge in [-0.15, -0.1) is 35.3 Å². The summed E-state index contributed by atoms with van der Waals surface area (Å²) in [6.07, 6.45) is 1.48. The largest absolute Gasteiger partial charge is 0.337 e. The summed E-state index contributed by atoms with van der Waals surface area (Å²) >= 11 is 0. The molecule has 0 aromatic carbocycles. The van der Waals surface area contributed by atoms with Crippen LogP contribution >= 0.6 is 24.8 Å². The molecule has 1 saturated heterocycles. The van der Waals surface area contributed by atoms with Crippen LogP contribution in [0.4, 0.5) is 0 Å². The van der Waals surface area contributed by atoms with E-state index in [0.29, 0.717) is 0 Å². The summed E-state index contributed by atoms with van der Waals surface area (Å²) < 4.78 is 0. The van der Waals surface area contributed by atoms with Gasteiger partial charge in [-0.1, -0.05) is 0 Å². The maximum Gasteiger partial charge on any atom is 0.246 e. The van der Waals surface area contributed by atoms with E-state index in [1.165, 1.54) is 6.34 Å². The van der Waals surface area contributed by atoms with Crippen LogP contribution < -0.4 is 10.7 Å². The van der Waals surface area contributed by atoms with E-state index < -0.39 is 0 Å². The van der Waals surface area contributed by atoms with Gasteiger partial charge in [-0.3, -0.25) is 0 Å². The lowest BCUT2D eigenvalue weighted by Crippen LogP contribution is -2.45. The van der Waals surface area contributed by atoms with Crippen molar-refractivity contribution in [3.63, 3.8) is 0 Å². The van der Waals surface area contributed by atoms with Crippen molar-refractivity contribution in [3.05, 3.63) is 0 Å². The molecule has 0 bridgehead atoms. The van der Waals surface area contributed by atoms with Crippen LogP contribution in [0.5, 0.6) is 0 Å². The van der Waals surface area contributed by atoms with E-state index in [1.54, 1.807) is 0 Å². The summed E-state index contributed by atoms with van der Waals surface area (Å²) in [7, 11) is 0. The Kier molecular flexibility index (Phi) is 5.77. The first-order valence-electron chi connectivity index (χ1n) is 3.73. The van der Waals surface area contributed by atoms with Gasteiger partial charge in [0.2, 0.25) is 5.96 Å². The van der Waals surface area contributed by atoms with Crippen molar-refractivity contribution >= 4 is 37.1 Å². The van der Waals surface area contributed by atoms with Crippen LogP contribution in [0.2, 0.25) is 0 Å². The summed E-state index contributed by atoms with van der Waals surface area (Å²) in [5.41, 5.74) is 3.67. The topological polar surface area (TPSA) is 54.1 Å². The molecule has 1 fully saturated rings. The first kappa shape index (κ1) is 12.5. The average Bonchev–Trinajstić information content (AvgIpc) is 2.58. The molecule has 5 nitrogen and oxygen atoms in total. The van der Waals surface area contributed by atoms with Crippen LogP contribution in [0.15, 0.2) is 10.1 Å². The SMILES string of the molecule is C1=NC(N2CCNCC2)=N[N]1.Cl.Cl. The number of rotatable bonds is 0. The van der Waals surface area contributed by atoms with Crippen molar-refractivity contribution in [3.8, 4) is 0 Å². The van der Waals surface area contributed by atoms with Gasteiger partial charge in [0.1, 0.15) is 6.34 Å². The summed E-state index contributed by atoms with van der Waals surface area (Å²) in [6, 6.07) is 0. The third kappa shape index (κ3) is 3.02. The number of guanidine groups is 1. The fourth-order valence-electron chi connectivity index (χ4n) is 1.19. The summed E-state index contributed by atoms with van der Waals surface area (Å²) in [5, 5.41) is 7.14. The number of aliphatic imine (C=N–C) groups is 1. The molecule has 2 aliphatic heterocycles. The Morgan fingerprint density at radius 1 is 1.23 bits per heavy atom. The van der Waals surface area contributed by atoms with Crippen molar-refractivity contribution in [2.75, 3.05) is 26.2 Å². The lowest BCUT2D eigenvalue weighted by molar-refractivity contribution is 0.354. The van der Waals surface area contributed by atoms with Gasteiger partial charge in [0.15, 0.2) is 0 Å². The number of piperazine rings is 1. The fraction of sp³-hybridized carbons (Fsp3) is 0.667. The van der Waals surface area contributed by atoms with Crippen molar-refractivity contribution in [2.24, 2.45) is 10.1 Å². The predicted octanol–water partition coefficient (Wildman–Crippen LogP) is -0.347. The van der Waals surface area contributed by atoms with E-state index in [4.69, 9.17) is 0 Å². The van der Waals surface area contributed by atoms with Gasteiger partial charge in [0, 0.05) is 26.2 Å². The van der Waals surface area contributed by atoms with Crippen molar-refractivity contribution in [1.82, 2.24) is 15.6 Å². The molecule has 0 aliphatic carbocycles. The third-order valence-electron chi connectivity index (χ3n) is 1.77. The Balaban J connectivity index is 0.000000720. The minimum atomic E-state index is 0. The van der Waals surface area contributed by atoms with E-state index in [9.17, 15) is 0 Å². The lowest BCUT2D eigenvalue weighted by atomic mass is 10.4. The highest BCUT2D eigenvalue weighted by Gasteiger charge is 2.15. The third-order valence-corrected chi connectivity index (χ3v) is 1.77. The summed E-state index contributed by atoms with van der Waals surface area (Å²) in [4.78, 5) is 6.14. The van der Waals surface area contributed by atoms with Gasteiger partial charge in [0.25, 0.3) is 0 Å². The molecule has 7 heteroatoms. The molecule has 2 rings (SSSR count). The number of nitrogens with zero attached hydrogens (tertiary/aromatic N) is 4. The smallest absolute Gasteiger partial charge is 0.246 e. The van der Waals surface area contributed by atoms with Gasteiger partial charge >= 0.3 is 0 Å². The minimum absolute atomic E-state index is 0. The minimum Gasteiger partial charge on any atom is -0.337 e. The van der Waals surface area contributed by atoms with E-state index in [1.807, 2.05) is 0 Å². The second-order valence-corrected chi connectivity index (χ2v) is 2.50. The molecule has 75 valence electrons. The second kappa shape index (κ2) is 6.01. The monoisotopic (exact) mass is 224 g/mol. The van der Waals surface area contributed by atoms with Crippen LogP contribution in [-0.4, -0.2) is 43.4 Å². The summed E-state index contributed by atoms with van der Waals surface area (Å²) in [5.74, 6) is 0.756. The van der Waals surface area contributed by atoms with Gasteiger partial charge in [-0.2, -0.15) is 4.99 Å². The molecule has 0 amide bonds. The average molecular weight is 225 g/mol. The maximum absolute atomic E-state index is 4.02. The van der Waals surface area contributed by atoms with Crippen LogP contribution in [0, 0.1) is 0 Å². The quantitative estimate of drug-likeness (QED) is 0.612. The molecular weight excluding hydrogens is 213 g/mol. The number of nitrogens with one attached hydrogen (secondary N) is 1. The number of hydrogen-bond donors (Lipinski definition) is 1. The van der Waals surface area contributed by atoms with Crippen molar-refractivity contribution < 1.29 is 0 Å². The second-order valence-electron chi connectivity index (χ2n) is 2.50. The molecule has 0 atom stereocenters. The first-order chi connectivity index (χ1) is 5.47. The lowest BCUT2D eigenvalue weighted by Gasteiger charge is -2.26. The Morgan fingerprint density at radius 2 is 1.92 bits per heavy atom. The van der Waals surface area contributed by atoms with E-state index in [-0.39, 0.29) is 24.8 Å². The van der Waals surface area contributed by atoms with Gasteiger partial charge in [-0.25, -0.2) is 0 Å². The first-order valence-corrected chi connectivity index (χ1v) is 3.73. The zero-order chi connectivity index (χ0) is 7.52. The highest BCUT2D eigenvalue weighted by molar-refractivity contribution is 5.90. The standard InChI is InChI=1S/C6H10N5.2ClH/c1-3-11(4-2-7-1)6-8-5-9-10-6;;/h5,7H,1-4H2;2*1H. The van der Waals surface area contributed by atoms with E-state index in [2.05, 4.69) is 25.7 Å². The molecule has 13 heavy (non-hydrogen) atoms. The highest BCUT2D eigenvalue weighted by atomic mass is 35.5. The molecule has 1 radical (unpaired) electrons. The van der Waals surface area contributed by atoms with Crippen LogP contribution in [0.25, 0.3) is 0 Å². The van der Waals surface area contributed by atoms with Crippen molar-refractivity contribution in [2.45, 2.75) is 0 Å². The van der Waals surface area contributed by atoms with E-state index >= 15 is 0 Å². The fourth-order valence-corrected chi connectivity index (χ4v) is 1.19. The molecule has 0 unspecified atom stereocenters. The molecule has 0 aromatic heterocycles. The van der Waals surface area contributed by atoms with Crippen LogP contribution in [-0.2, 0) is 0 Å². The van der Waals surface area contributed by atoms with Crippen LogP contribution in [0.3, 0.4) is 0 Å². The van der Waals surface area contributed by atoms with Gasteiger partial charge < -0.3 is 10.2 Å². The van der Waals surface area contributed by atoms with Gasteiger partial charge in [-0.05, 0) is 0 Å². The van der Waals surface area contributed by atoms with E-state index in [0.717, 1.165) is 32.1 Å². The molecule has 0 saturated carbocycles. The number of hydrogen-bond acceptors (Lipinski definition) is 4. The zero-order valence-corrected chi connectivity index (χ0v) is 8.64. The molecule has 2 aliphatic rings. The Labute approximate surface area is 89.5 Å². The molecule has 0 aromatic rings. The molecule has 1 N–H and O–H groups in total. The number of halogens is 2. The maximum atomic E-state index is 4.02. The molecule has 2 heterocycles. The Hall–Kier alpha value is -0.520. The highest BCUT2D eigenvalue weighted by Crippen LogP contribution is 1.98. The predicted molar refractivity (Wildman–Crippen MR) is 57.0 cm³/mol. The normalized spacial score (nSPS) is 19.7. The Morgan fingerprint density at radius 3 is 2.46 bits per heavy atom. The summed E-state index contributed by atoms with van der Waals surface area (Å²) in [6.45, 7) is 3.97. The van der Waals surface area contributed by atoms with Crippen molar-refractivity contribution in [1.29, 1.82) is 0 Å². The molecule has 0 spiro atoms. The zero-order valence-electron chi connectivity index (χ0n) is 7.01.